The van der Waals surface area contributed by atoms with E-state index in [1.54, 1.807) is 18.2 Å². The van der Waals surface area contributed by atoms with Crippen LogP contribution < -0.4 is 20.9 Å². The minimum atomic E-state index is -4.17. The van der Waals surface area contributed by atoms with Gasteiger partial charge in [0, 0.05) is 13.1 Å². The molecule has 41 heavy (non-hydrogen) atoms. The molecule has 1 aliphatic rings. The molecule has 3 aromatic carbocycles. The smallest absolute Gasteiger partial charge is 0.326 e. The lowest BCUT2D eigenvalue weighted by Crippen LogP contribution is -2.56. The van der Waals surface area contributed by atoms with E-state index in [9.17, 15) is 23.1 Å². The number of hydrogen-bond donors (Lipinski definition) is 4. The molecule has 0 saturated carbocycles. The van der Waals surface area contributed by atoms with Gasteiger partial charge >= 0.3 is 5.97 Å². The van der Waals surface area contributed by atoms with E-state index in [2.05, 4.69) is 9.71 Å². The van der Waals surface area contributed by atoms with Crippen LogP contribution in [0.4, 0.5) is 0 Å². The molecule has 12 heteroatoms. The number of likely N-dealkylation sites (tertiary alicyclic amines) is 1. The molecule has 3 unspecified atom stereocenters. The molecule has 11 nitrogen and oxygen atoms in total. The molecule has 0 spiro atoms. The number of nitrogens with two attached hydrogens (primary N) is 2. The standard InChI is InChI=1S/C29H35N5O6S/c1-40-23-11-9-20-10-12-24(17-22(20)16-23)41(38,39)33-25(8-5-14-32-29(30)31)27(35)34-15-13-21(18-26(34)28(36)37)19-6-3-2-4-7-19/h2-4,6-7,9-12,16-17,21,25-26,33H,5,8,13-15,18H2,1H3,(H,36,37)(H4,30,31,32). The third-order valence-electron chi connectivity index (χ3n) is 7.31. The zero-order valence-electron chi connectivity index (χ0n) is 22.8. The lowest BCUT2D eigenvalue weighted by molar-refractivity contribution is -0.153. The summed E-state index contributed by atoms with van der Waals surface area (Å²) in [5.74, 6) is -1.31. The minimum absolute atomic E-state index is 0.0298. The van der Waals surface area contributed by atoms with E-state index >= 15 is 0 Å². The molecule has 3 aromatic rings. The Hall–Kier alpha value is -4.16. The fourth-order valence-electron chi connectivity index (χ4n) is 5.18. The van der Waals surface area contributed by atoms with E-state index in [1.165, 1.54) is 24.1 Å². The number of guanidine groups is 1. The Morgan fingerprint density at radius 3 is 2.51 bits per heavy atom. The molecule has 0 radical (unpaired) electrons. The van der Waals surface area contributed by atoms with Gasteiger partial charge in [-0.1, -0.05) is 42.5 Å². The number of benzene rings is 3. The van der Waals surface area contributed by atoms with Crippen molar-refractivity contribution in [2.24, 2.45) is 16.5 Å². The van der Waals surface area contributed by atoms with Gasteiger partial charge in [-0.15, -0.1) is 0 Å². The number of fused-ring (bicyclic) bond motifs is 1. The summed E-state index contributed by atoms with van der Waals surface area (Å²) < 4.78 is 34.8. The van der Waals surface area contributed by atoms with Gasteiger partial charge in [0.1, 0.15) is 17.8 Å². The number of piperidine rings is 1. The average molecular weight is 582 g/mol. The number of carbonyl (C=O) groups excluding carboxylic acids is 1. The Morgan fingerprint density at radius 1 is 1.10 bits per heavy atom. The molecule has 6 N–H and O–H groups in total. The van der Waals surface area contributed by atoms with Crippen molar-refractivity contribution >= 4 is 38.6 Å². The number of nitrogens with one attached hydrogen (secondary N) is 1. The van der Waals surface area contributed by atoms with Crippen LogP contribution in [0.2, 0.25) is 0 Å². The first-order valence-electron chi connectivity index (χ1n) is 13.3. The first-order chi connectivity index (χ1) is 19.6. The highest BCUT2D eigenvalue weighted by Gasteiger charge is 2.40. The lowest BCUT2D eigenvalue weighted by Gasteiger charge is -2.39. The van der Waals surface area contributed by atoms with Crippen LogP contribution in [0.3, 0.4) is 0 Å². The summed E-state index contributed by atoms with van der Waals surface area (Å²) in [6.45, 7) is 0.360. The molecule has 1 fully saturated rings. The Morgan fingerprint density at radius 2 is 1.83 bits per heavy atom. The number of aliphatic imine (C=N–C) groups is 1. The van der Waals surface area contributed by atoms with E-state index in [-0.39, 0.29) is 42.7 Å². The monoisotopic (exact) mass is 581 g/mol. The maximum absolute atomic E-state index is 13.8. The second-order valence-corrected chi connectivity index (χ2v) is 11.7. The van der Waals surface area contributed by atoms with Crippen molar-refractivity contribution < 1.29 is 27.9 Å². The largest absolute Gasteiger partial charge is 0.497 e. The second kappa shape index (κ2) is 13.0. The van der Waals surface area contributed by atoms with Crippen molar-refractivity contribution in [1.82, 2.24) is 9.62 Å². The number of sulfonamides is 1. The number of hydrogen-bond acceptors (Lipinski definition) is 6. The number of aliphatic carboxylic acids is 1. The lowest BCUT2D eigenvalue weighted by atomic mass is 9.85. The summed E-state index contributed by atoms with van der Waals surface area (Å²) in [4.78, 5) is 31.3. The minimum Gasteiger partial charge on any atom is -0.497 e. The number of rotatable bonds is 11. The predicted octanol–water partition coefficient (Wildman–Crippen LogP) is 2.41. The van der Waals surface area contributed by atoms with Crippen LogP contribution in [-0.4, -0.2) is 68.5 Å². The summed E-state index contributed by atoms with van der Waals surface area (Å²) in [7, 11) is -2.65. The van der Waals surface area contributed by atoms with Gasteiger partial charge in [-0.25, -0.2) is 13.2 Å². The van der Waals surface area contributed by atoms with Gasteiger partial charge in [-0.05, 0) is 72.2 Å². The summed E-state index contributed by atoms with van der Waals surface area (Å²) in [6, 6.07) is 17.2. The van der Waals surface area contributed by atoms with Crippen LogP contribution in [0.5, 0.6) is 5.75 Å². The van der Waals surface area contributed by atoms with Gasteiger partial charge in [0.05, 0.1) is 12.0 Å². The van der Waals surface area contributed by atoms with Gasteiger partial charge in [0.25, 0.3) is 0 Å². The summed E-state index contributed by atoms with van der Waals surface area (Å²) in [5, 5.41) is 11.5. The summed E-state index contributed by atoms with van der Waals surface area (Å²) in [6.07, 6.45) is 1.15. The van der Waals surface area contributed by atoms with E-state index in [0.717, 1.165) is 10.9 Å². The van der Waals surface area contributed by atoms with Crippen molar-refractivity contribution in [2.45, 2.75) is 48.6 Å². The number of carbonyl (C=O) groups is 2. The normalized spacial score (nSPS) is 18.0. The Kier molecular flexibility index (Phi) is 9.46. The van der Waals surface area contributed by atoms with Gasteiger partial charge in [0.2, 0.25) is 15.9 Å². The van der Waals surface area contributed by atoms with Crippen LogP contribution >= 0.6 is 0 Å². The fraction of sp³-hybridized carbons (Fsp3) is 0.345. The van der Waals surface area contributed by atoms with Crippen molar-refractivity contribution in [1.29, 1.82) is 0 Å². The van der Waals surface area contributed by atoms with Crippen molar-refractivity contribution in [3.8, 4) is 5.75 Å². The number of carboxylic acids is 1. The SMILES string of the molecule is COc1ccc2ccc(S(=O)(=O)NC(CCCN=C(N)N)C(=O)N3CCC(c4ccccc4)CC3C(=O)O)cc2c1. The van der Waals surface area contributed by atoms with E-state index < -0.39 is 34.0 Å². The maximum atomic E-state index is 13.8. The van der Waals surface area contributed by atoms with Crippen molar-refractivity contribution in [2.75, 3.05) is 20.2 Å². The number of ether oxygens (including phenoxy) is 1. The Labute approximate surface area is 239 Å². The van der Waals surface area contributed by atoms with Crippen LogP contribution in [-0.2, 0) is 19.6 Å². The molecule has 1 amide bonds. The van der Waals surface area contributed by atoms with E-state index in [0.29, 0.717) is 24.0 Å². The van der Waals surface area contributed by atoms with Gasteiger partial charge in [0.15, 0.2) is 5.96 Å². The molecule has 1 heterocycles. The number of carboxylic acid groups (broad SMARTS) is 1. The zero-order valence-corrected chi connectivity index (χ0v) is 23.6. The Balaban J connectivity index is 1.59. The van der Waals surface area contributed by atoms with Gasteiger partial charge in [-0.3, -0.25) is 9.79 Å². The molecule has 0 aromatic heterocycles. The predicted molar refractivity (Wildman–Crippen MR) is 156 cm³/mol. The molecule has 1 aliphatic heterocycles. The highest BCUT2D eigenvalue weighted by atomic mass is 32.2. The maximum Gasteiger partial charge on any atom is 0.326 e. The number of amides is 1. The number of methoxy groups -OCH3 is 1. The summed E-state index contributed by atoms with van der Waals surface area (Å²) >= 11 is 0. The van der Waals surface area contributed by atoms with E-state index in [1.807, 2.05) is 36.4 Å². The van der Waals surface area contributed by atoms with Crippen molar-refractivity contribution in [3.05, 3.63) is 72.3 Å². The molecule has 4 rings (SSSR count). The van der Waals surface area contributed by atoms with Gasteiger partial charge in [-0.2, -0.15) is 4.72 Å². The average Bonchev–Trinajstić information content (AvgIpc) is 2.97. The molecular formula is C29H35N5O6S. The van der Waals surface area contributed by atoms with Crippen LogP contribution in [0.15, 0.2) is 76.6 Å². The third kappa shape index (κ3) is 7.33. The van der Waals surface area contributed by atoms with Crippen LogP contribution in [0.1, 0.15) is 37.2 Å². The van der Waals surface area contributed by atoms with Crippen LogP contribution in [0, 0.1) is 0 Å². The highest BCUT2D eigenvalue weighted by molar-refractivity contribution is 7.89. The second-order valence-electron chi connectivity index (χ2n) is 10.0. The fourth-order valence-corrected chi connectivity index (χ4v) is 6.44. The zero-order chi connectivity index (χ0) is 29.6. The Bertz CT molecular complexity index is 1530. The molecular weight excluding hydrogens is 546 g/mol. The highest BCUT2D eigenvalue weighted by Crippen LogP contribution is 2.32. The van der Waals surface area contributed by atoms with Crippen molar-refractivity contribution in [3.63, 3.8) is 0 Å². The number of nitrogens with zero attached hydrogens (tertiary/aromatic N) is 2. The topological polar surface area (TPSA) is 177 Å². The van der Waals surface area contributed by atoms with Gasteiger partial charge < -0.3 is 26.2 Å². The molecule has 0 bridgehead atoms. The quantitative estimate of drug-likeness (QED) is 0.151. The third-order valence-corrected chi connectivity index (χ3v) is 8.78. The molecule has 3 atom stereocenters. The summed E-state index contributed by atoms with van der Waals surface area (Å²) in [5.41, 5.74) is 11.8. The first kappa shape index (κ1) is 29.8. The molecule has 1 saturated heterocycles. The molecule has 218 valence electrons. The molecule has 0 aliphatic carbocycles. The van der Waals surface area contributed by atoms with Crippen LogP contribution in [0.25, 0.3) is 10.8 Å². The van der Waals surface area contributed by atoms with E-state index in [4.69, 9.17) is 16.2 Å². The first-order valence-corrected chi connectivity index (χ1v) is 14.8.